The van der Waals surface area contributed by atoms with E-state index >= 15 is 0 Å². The Bertz CT molecular complexity index is 924. The minimum absolute atomic E-state index is 0.0386. The molecule has 0 amide bonds. The van der Waals surface area contributed by atoms with E-state index in [-0.39, 0.29) is 16.0 Å². The Hall–Kier alpha value is -2.41. The number of nitrogens with one attached hydrogen (secondary N) is 1. The van der Waals surface area contributed by atoms with Crippen molar-refractivity contribution in [3.05, 3.63) is 64.0 Å². The van der Waals surface area contributed by atoms with E-state index in [2.05, 4.69) is 4.98 Å². The van der Waals surface area contributed by atoms with Gasteiger partial charge in [0.05, 0.1) is 11.1 Å². The first kappa shape index (κ1) is 14.5. The van der Waals surface area contributed by atoms with Crippen LogP contribution in [0.3, 0.4) is 0 Å². The number of halogens is 3. The molecule has 0 aliphatic carbocycles. The number of aromatic amines is 1. The molecule has 3 aromatic rings. The number of benzene rings is 2. The molecule has 0 radical (unpaired) electrons. The zero-order valence-electron chi connectivity index (χ0n) is 10.9. The van der Waals surface area contributed by atoms with E-state index < -0.39 is 17.5 Å². The van der Waals surface area contributed by atoms with Gasteiger partial charge in [0.15, 0.2) is 11.4 Å². The van der Waals surface area contributed by atoms with Crippen LogP contribution in [0.1, 0.15) is 21.5 Å². The lowest BCUT2D eigenvalue weighted by Crippen LogP contribution is -2.08. The van der Waals surface area contributed by atoms with Crippen LogP contribution >= 0.6 is 12.2 Å². The predicted octanol–water partition coefficient (Wildman–Crippen LogP) is 4.74. The number of fused-ring (bicyclic) bond motifs is 1. The van der Waals surface area contributed by atoms with Crippen LogP contribution in [0.5, 0.6) is 0 Å². The summed E-state index contributed by atoms with van der Waals surface area (Å²) in [6.45, 7) is 0. The quantitative estimate of drug-likeness (QED) is 0.547. The topological polar surface area (TPSA) is 46.0 Å². The second kappa shape index (κ2) is 5.10. The Morgan fingerprint density at radius 3 is 2.55 bits per heavy atom. The molecule has 0 saturated carbocycles. The summed E-state index contributed by atoms with van der Waals surface area (Å²) in [4.78, 5) is 15.3. The van der Waals surface area contributed by atoms with E-state index in [0.717, 1.165) is 12.1 Å². The molecule has 0 spiro atoms. The van der Waals surface area contributed by atoms with Gasteiger partial charge in [0.1, 0.15) is 0 Å². The van der Waals surface area contributed by atoms with Crippen LogP contribution in [0.4, 0.5) is 13.2 Å². The Labute approximate surface area is 127 Å². The van der Waals surface area contributed by atoms with Gasteiger partial charge in [-0.25, -0.2) is 0 Å². The van der Waals surface area contributed by atoms with Gasteiger partial charge in [0.2, 0.25) is 0 Å². The van der Waals surface area contributed by atoms with E-state index in [1.165, 1.54) is 24.3 Å². The Balaban J connectivity index is 2.03. The number of hydrogen-bond acceptors (Lipinski definition) is 3. The number of aromatic nitrogens is 1. The molecule has 1 aromatic heterocycles. The lowest BCUT2D eigenvalue weighted by Gasteiger charge is -2.08. The van der Waals surface area contributed by atoms with Crippen LogP contribution in [0.15, 0.2) is 46.9 Å². The average Bonchev–Trinajstić information content (AvgIpc) is 2.84. The molecule has 0 saturated heterocycles. The Kier molecular flexibility index (Phi) is 3.37. The van der Waals surface area contributed by atoms with Crippen LogP contribution in [-0.4, -0.2) is 10.8 Å². The molecule has 2 aromatic carbocycles. The molecule has 112 valence electrons. The van der Waals surface area contributed by atoms with Gasteiger partial charge in [-0.3, -0.25) is 4.79 Å². The third kappa shape index (κ3) is 2.67. The average molecular weight is 323 g/mol. The Morgan fingerprint density at radius 2 is 1.82 bits per heavy atom. The minimum Gasteiger partial charge on any atom is -0.429 e. The monoisotopic (exact) mass is 323 g/mol. The molecular formula is C15H8F3NO2S. The summed E-state index contributed by atoms with van der Waals surface area (Å²) in [5, 5.41) is 0. The highest BCUT2D eigenvalue weighted by molar-refractivity contribution is 7.71. The summed E-state index contributed by atoms with van der Waals surface area (Å²) in [5.74, 6) is -0.518. The smallest absolute Gasteiger partial charge is 0.416 e. The second-order valence-electron chi connectivity index (χ2n) is 4.63. The molecule has 1 heterocycles. The van der Waals surface area contributed by atoms with Crippen LogP contribution in [0.2, 0.25) is 0 Å². The van der Waals surface area contributed by atoms with Gasteiger partial charge in [-0.15, -0.1) is 0 Å². The maximum Gasteiger partial charge on any atom is 0.416 e. The summed E-state index contributed by atoms with van der Waals surface area (Å²) in [7, 11) is 0. The van der Waals surface area contributed by atoms with Crippen molar-refractivity contribution < 1.29 is 22.4 Å². The zero-order valence-corrected chi connectivity index (χ0v) is 11.7. The largest absolute Gasteiger partial charge is 0.429 e. The molecule has 0 aliphatic rings. The minimum atomic E-state index is -4.49. The molecule has 0 fully saturated rings. The molecule has 22 heavy (non-hydrogen) atoms. The summed E-state index contributed by atoms with van der Waals surface area (Å²) in [6, 6.07) is 8.85. The van der Waals surface area contributed by atoms with Gasteiger partial charge in [0.25, 0.3) is 4.84 Å². The summed E-state index contributed by atoms with van der Waals surface area (Å²) >= 11 is 4.84. The fourth-order valence-corrected chi connectivity index (χ4v) is 2.29. The first-order valence-electron chi connectivity index (χ1n) is 6.19. The van der Waals surface area contributed by atoms with E-state index in [4.69, 9.17) is 16.6 Å². The van der Waals surface area contributed by atoms with Crippen LogP contribution in [-0.2, 0) is 6.18 Å². The van der Waals surface area contributed by atoms with Crippen molar-refractivity contribution in [1.82, 2.24) is 4.98 Å². The molecular weight excluding hydrogens is 315 g/mol. The molecule has 7 heteroatoms. The molecule has 3 rings (SSSR count). The van der Waals surface area contributed by atoms with Crippen molar-refractivity contribution in [3.63, 3.8) is 0 Å². The van der Waals surface area contributed by atoms with Crippen LogP contribution < -0.4 is 0 Å². The lowest BCUT2D eigenvalue weighted by molar-refractivity contribution is -0.137. The SMILES string of the molecule is O=C(c1cccc(C(F)(F)F)c1)c1ccc2[nH]c(=S)oc2c1. The molecule has 0 bridgehead atoms. The highest BCUT2D eigenvalue weighted by Crippen LogP contribution is 2.30. The van der Waals surface area contributed by atoms with Crippen molar-refractivity contribution in [2.75, 3.05) is 0 Å². The van der Waals surface area contributed by atoms with Gasteiger partial charge in [-0.05, 0) is 42.5 Å². The number of carbonyl (C=O) groups excluding carboxylic acids is 1. The Morgan fingerprint density at radius 1 is 1.09 bits per heavy atom. The van der Waals surface area contributed by atoms with E-state index in [1.807, 2.05) is 0 Å². The van der Waals surface area contributed by atoms with Crippen LogP contribution in [0.25, 0.3) is 11.1 Å². The maximum absolute atomic E-state index is 12.7. The fourth-order valence-electron chi connectivity index (χ4n) is 2.09. The maximum atomic E-state index is 12.7. The molecule has 1 N–H and O–H groups in total. The van der Waals surface area contributed by atoms with E-state index in [1.54, 1.807) is 6.07 Å². The van der Waals surface area contributed by atoms with Crippen molar-refractivity contribution in [2.45, 2.75) is 6.18 Å². The van der Waals surface area contributed by atoms with E-state index in [0.29, 0.717) is 11.1 Å². The predicted molar refractivity (Wildman–Crippen MR) is 76.3 cm³/mol. The summed E-state index contributed by atoms with van der Waals surface area (Å²) in [6.07, 6.45) is -4.49. The van der Waals surface area contributed by atoms with Crippen molar-refractivity contribution in [1.29, 1.82) is 0 Å². The summed E-state index contributed by atoms with van der Waals surface area (Å²) in [5.41, 5.74) is 0.319. The van der Waals surface area contributed by atoms with Gasteiger partial charge in [-0.1, -0.05) is 12.1 Å². The number of oxazole rings is 1. The summed E-state index contributed by atoms with van der Waals surface area (Å²) < 4.78 is 43.3. The molecule has 3 nitrogen and oxygen atoms in total. The van der Waals surface area contributed by atoms with Crippen LogP contribution in [0, 0.1) is 4.84 Å². The number of rotatable bonds is 2. The van der Waals surface area contributed by atoms with Crippen molar-refractivity contribution in [2.24, 2.45) is 0 Å². The first-order valence-corrected chi connectivity index (χ1v) is 6.60. The van der Waals surface area contributed by atoms with E-state index in [9.17, 15) is 18.0 Å². The highest BCUT2D eigenvalue weighted by Gasteiger charge is 2.31. The number of carbonyl (C=O) groups is 1. The number of alkyl halides is 3. The second-order valence-corrected chi connectivity index (χ2v) is 5.00. The molecule has 0 atom stereocenters. The molecule has 0 aliphatic heterocycles. The number of ketones is 1. The van der Waals surface area contributed by atoms with Crippen molar-refractivity contribution in [3.8, 4) is 0 Å². The van der Waals surface area contributed by atoms with Gasteiger partial charge >= 0.3 is 6.18 Å². The highest BCUT2D eigenvalue weighted by atomic mass is 32.1. The van der Waals surface area contributed by atoms with Crippen molar-refractivity contribution >= 4 is 29.1 Å². The van der Waals surface area contributed by atoms with Gasteiger partial charge in [0, 0.05) is 11.1 Å². The standard InChI is InChI=1S/C15H8F3NO2S/c16-15(17,18)10-3-1-2-8(6-10)13(20)9-4-5-11-12(7-9)21-14(22)19-11/h1-7H,(H,19,22). The molecule has 0 unspecified atom stereocenters. The normalized spacial score (nSPS) is 11.8. The lowest BCUT2D eigenvalue weighted by atomic mass is 10.0. The third-order valence-corrected chi connectivity index (χ3v) is 3.32. The van der Waals surface area contributed by atoms with Gasteiger partial charge < -0.3 is 9.40 Å². The van der Waals surface area contributed by atoms with Gasteiger partial charge in [-0.2, -0.15) is 13.2 Å². The first-order chi connectivity index (χ1) is 10.3. The fraction of sp³-hybridized carbons (Fsp3) is 0.0667. The number of H-pyrrole nitrogens is 1. The number of hydrogen-bond donors (Lipinski definition) is 1. The zero-order chi connectivity index (χ0) is 15.9. The third-order valence-electron chi connectivity index (χ3n) is 3.14.